The van der Waals surface area contributed by atoms with Crippen molar-refractivity contribution >= 4 is 11.8 Å². The van der Waals surface area contributed by atoms with E-state index < -0.39 is 0 Å². The van der Waals surface area contributed by atoms with Crippen LogP contribution >= 0.6 is 0 Å². The van der Waals surface area contributed by atoms with Crippen LogP contribution in [-0.2, 0) is 14.3 Å². The van der Waals surface area contributed by atoms with Crippen molar-refractivity contribution in [3.05, 3.63) is 11.6 Å². The topological polar surface area (TPSA) is 46.6 Å². The first-order chi connectivity index (χ1) is 8.95. The zero-order valence-electron chi connectivity index (χ0n) is 12.4. The largest absolute Gasteiger partial charge is 0.464 e. The number of nitrogens with zero attached hydrogens (tertiary/aromatic N) is 1. The minimum absolute atomic E-state index is 0.106. The highest BCUT2D eigenvalue weighted by Gasteiger charge is 2.35. The third-order valence-electron chi connectivity index (χ3n) is 3.51. The predicted octanol–water partition coefficient (Wildman–Crippen LogP) is 2.04. The fourth-order valence-electron chi connectivity index (χ4n) is 2.59. The Morgan fingerprint density at radius 2 is 2.16 bits per heavy atom. The second-order valence-corrected chi connectivity index (χ2v) is 5.56. The third kappa shape index (κ3) is 4.78. The highest BCUT2D eigenvalue weighted by atomic mass is 16.5. The number of ketones is 1. The molecule has 0 radical (unpaired) electrons. The van der Waals surface area contributed by atoms with Crippen LogP contribution in [0.3, 0.4) is 0 Å². The Morgan fingerprint density at radius 3 is 2.74 bits per heavy atom. The molecule has 108 valence electrons. The van der Waals surface area contributed by atoms with Crippen LogP contribution in [0.4, 0.5) is 0 Å². The van der Waals surface area contributed by atoms with Crippen molar-refractivity contribution in [3.63, 3.8) is 0 Å². The van der Waals surface area contributed by atoms with Gasteiger partial charge in [-0.1, -0.05) is 18.9 Å². The number of hydrogen-bond donors (Lipinski definition) is 0. The smallest absolute Gasteiger partial charge is 0.313 e. The first-order valence-corrected chi connectivity index (χ1v) is 6.98. The van der Waals surface area contributed by atoms with E-state index in [4.69, 9.17) is 4.74 Å². The number of carbonyl (C=O) groups excluding carboxylic acids is 2. The molecule has 0 spiro atoms. The number of ether oxygens (including phenoxy) is 1. The average Bonchev–Trinajstić information content (AvgIpc) is 2.27. The summed E-state index contributed by atoms with van der Waals surface area (Å²) >= 11 is 0. The average molecular weight is 267 g/mol. The summed E-state index contributed by atoms with van der Waals surface area (Å²) in [5.74, 6) is -0.177. The molecule has 4 heteroatoms. The van der Waals surface area contributed by atoms with E-state index in [2.05, 4.69) is 6.92 Å². The summed E-state index contributed by atoms with van der Waals surface area (Å²) in [6.07, 6.45) is 3.94. The van der Waals surface area contributed by atoms with E-state index in [1.54, 1.807) is 6.08 Å². The van der Waals surface area contributed by atoms with Gasteiger partial charge in [0, 0.05) is 13.0 Å². The summed E-state index contributed by atoms with van der Waals surface area (Å²) < 4.78 is 5.34. The van der Waals surface area contributed by atoms with Crippen LogP contribution in [0.1, 0.15) is 33.1 Å². The SMILES string of the molecule is CCCC1CC(=O)C=C(C)C1C(=O)OCCN(C)C. The fourth-order valence-corrected chi connectivity index (χ4v) is 2.59. The van der Waals surface area contributed by atoms with Gasteiger partial charge in [-0.05, 0) is 39.4 Å². The van der Waals surface area contributed by atoms with Crippen LogP contribution in [0.25, 0.3) is 0 Å². The lowest BCUT2D eigenvalue weighted by Crippen LogP contribution is -2.33. The van der Waals surface area contributed by atoms with Crippen LogP contribution in [-0.4, -0.2) is 43.9 Å². The monoisotopic (exact) mass is 267 g/mol. The summed E-state index contributed by atoms with van der Waals surface area (Å²) in [7, 11) is 3.89. The van der Waals surface area contributed by atoms with Crippen LogP contribution in [0, 0.1) is 11.8 Å². The van der Waals surface area contributed by atoms with Crippen LogP contribution in [0.2, 0.25) is 0 Å². The van der Waals surface area contributed by atoms with Crippen molar-refractivity contribution in [3.8, 4) is 0 Å². The molecule has 0 N–H and O–H groups in total. The number of carbonyl (C=O) groups is 2. The van der Waals surface area contributed by atoms with Gasteiger partial charge < -0.3 is 9.64 Å². The molecule has 1 rings (SSSR count). The molecule has 0 aliphatic heterocycles. The second-order valence-electron chi connectivity index (χ2n) is 5.56. The maximum absolute atomic E-state index is 12.2. The minimum atomic E-state index is -0.236. The molecule has 0 aromatic carbocycles. The minimum Gasteiger partial charge on any atom is -0.464 e. The molecule has 0 amide bonds. The van der Waals surface area contributed by atoms with Gasteiger partial charge in [0.2, 0.25) is 0 Å². The van der Waals surface area contributed by atoms with Gasteiger partial charge in [0.25, 0.3) is 0 Å². The van der Waals surface area contributed by atoms with Crippen molar-refractivity contribution < 1.29 is 14.3 Å². The Kier molecular flexibility index (Phi) is 6.22. The van der Waals surface area contributed by atoms with E-state index in [0.29, 0.717) is 13.0 Å². The molecule has 0 fully saturated rings. The third-order valence-corrected chi connectivity index (χ3v) is 3.51. The lowest BCUT2D eigenvalue weighted by Gasteiger charge is -2.29. The molecule has 0 saturated heterocycles. The molecule has 0 bridgehead atoms. The lowest BCUT2D eigenvalue weighted by molar-refractivity contribution is -0.149. The maximum Gasteiger partial charge on any atom is 0.313 e. The van der Waals surface area contributed by atoms with Gasteiger partial charge >= 0.3 is 5.97 Å². The van der Waals surface area contributed by atoms with E-state index in [-0.39, 0.29) is 23.6 Å². The van der Waals surface area contributed by atoms with Gasteiger partial charge in [0.05, 0.1) is 5.92 Å². The van der Waals surface area contributed by atoms with E-state index >= 15 is 0 Å². The second kappa shape index (κ2) is 7.43. The Morgan fingerprint density at radius 1 is 1.47 bits per heavy atom. The Labute approximate surface area is 115 Å². The molecule has 0 aromatic heterocycles. The first-order valence-electron chi connectivity index (χ1n) is 6.98. The summed E-state index contributed by atoms with van der Waals surface area (Å²) in [4.78, 5) is 25.8. The Balaban J connectivity index is 2.67. The van der Waals surface area contributed by atoms with Gasteiger partial charge in [0.15, 0.2) is 5.78 Å². The Hall–Kier alpha value is -1.16. The van der Waals surface area contributed by atoms with E-state index in [1.165, 1.54) is 0 Å². The zero-order valence-corrected chi connectivity index (χ0v) is 12.4. The molecule has 0 aromatic rings. The fraction of sp³-hybridized carbons (Fsp3) is 0.733. The highest BCUT2D eigenvalue weighted by Crippen LogP contribution is 2.33. The van der Waals surface area contributed by atoms with Crippen LogP contribution in [0.5, 0.6) is 0 Å². The molecule has 1 aliphatic carbocycles. The number of likely N-dealkylation sites (N-methyl/N-ethyl adjacent to an activating group) is 1. The first kappa shape index (κ1) is 15.9. The summed E-state index contributed by atoms with van der Waals surface area (Å²) in [6, 6.07) is 0. The molecule has 1 aliphatic rings. The number of esters is 1. The molecular formula is C15H25NO3. The van der Waals surface area contributed by atoms with E-state index in [0.717, 1.165) is 25.0 Å². The quantitative estimate of drug-likeness (QED) is 0.691. The van der Waals surface area contributed by atoms with Crippen LogP contribution < -0.4 is 0 Å². The molecule has 2 unspecified atom stereocenters. The lowest BCUT2D eigenvalue weighted by atomic mass is 9.76. The highest BCUT2D eigenvalue weighted by molar-refractivity contribution is 5.94. The summed E-state index contributed by atoms with van der Waals surface area (Å²) in [6.45, 7) is 5.06. The molecule has 0 saturated carbocycles. The number of rotatable bonds is 6. The van der Waals surface area contributed by atoms with Crippen molar-refractivity contribution in [1.29, 1.82) is 0 Å². The molecule has 2 atom stereocenters. The normalized spacial score (nSPS) is 23.4. The van der Waals surface area contributed by atoms with E-state index in [9.17, 15) is 9.59 Å². The zero-order chi connectivity index (χ0) is 14.4. The number of hydrogen-bond acceptors (Lipinski definition) is 4. The number of allylic oxidation sites excluding steroid dienone is 1. The summed E-state index contributed by atoms with van der Waals surface area (Å²) in [5.41, 5.74) is 0.851. The van der Waals surface area contributed by atoms with Crippen molar-refractivity contribution in [1.82, 2.24) is 4.90 Å². The predicted molar refractivity (Wildman–Crippen MR) is 74.8 cm³/mol. The van der Waals surface area contributed by atoms with Gasteiger partial charge in [0.1, 0.15) is 6.61 Å². The van der Waals surface area contributed by atoms with Gasteiger partial charge in [-0.15, -0.1) is 0 Å². The molecule has 19 heavy (non-hydrogen) atoms. The van der Waals surface area contributed by atoms with Gasteiger partial charge in [-0.25, -0.2) is 0 Å². The molecule has 0 heterocycles. The van der Waals surface area contributed by atoms with E-state index in [1.807, 2.05) is 25.9 Å². The Bertz CT molecular complexity index is 360. The maximum atomic E-state index is 12.2. The summed E-state index contributed by atoms with van der Waals surface area (Å²) in [5, 5.41) is 0. The van der Waals surface area contributed by atoms with Gasteiger partial charge in [-0.3, -0.25) is 9.59 Å². The molecule has 4 nitrogen and oxygen atoms in total. The van der Waals surface area contributed by atoms with Crippen molar-refractivity contribution in [2.45, 2.75) is 33.1 Å². The molecular weight excluding hydrogens is 242 g/mol. The van der Waals surface area contributed by atoms with Crippen molar-refractivity contribution in [2.24, 2.45) is 11.8 Å². The van der Waals surface area contributed by atoms with Crippen LogP contribution in [0.15, 0.2) is 11.6 Å². The van der Waals surface area contributed by atoms with Gasteiger partial charge in [-0.2, -0.15) is 0 Å². The standard InChI is InChI=1S/C15H25NO3/c1-5-6-12-10-13(17)9-11(2)14(12)15(18)19-8-7-16(3)4/h9,12,14H,5-8,10H2,1-4H3. The van der Waals surface area contributed by atoms with Crippen molar-refractivity contribution in [2.75, 3.05) is 27.2 Å².